The minimum atomic E-state index is -0.615. The largest absolute Gasteiger partial charge is 0.384 e. The van der Waals surface area contributed by atoms with Crippen molar-refractivity contribution in [2.45, 2.75) is 18.4 Å². The Labute approximate surface area is 75.4 Å². The van der Waals surface area contributed by atoms with E-state index >= 15 is 0 Å². The standard InChI is InChI=1S/C10H10N2O/c13-10(5-6-10)9-7-3-1-2-4-8(7)11-12-9/h1-4,13H,5-6H2,(H,11,12). The number of H-pyrrole nitrogens is 1. The molecule has 3 heteroatoms. The van der Waals surface area contributed by atoms with Crippen molar-refractivity contribution in [2.24, 2.45) is 0 Å². The van der Waals surface area contributed by atoms with Gasteiger partial charge in [0.05, 0.1) is 11.2 Å². The number of para-hydroxylation sites is 1. The lowest BCUT2D eigenvalue weighted by molar-refractivity contribution is 0.148. The molecule has 1 aliphatic rings. The van der Waals surface area contributed by atoms with E-state index in [1.807, 2.05) is 24.3 Å². The Hall–Kier alpha value is -1.35. The Balaban J connectivity index is 2.30. The first kappa shape index (κ1) is 7.09. The van der Waals surface area contributed by atoms with Gasteiger partial charge in [0.25, 0.3) is 0 Å². The lowest BCUT2D eigenvalue weighted by Crippen LogP contribution is -2.04. The summed E-state index contributed by atoms with van der Waals surface area (Å²) in [6.07, 6.45) is 1.69. The number of nitrogens with one attached hydrogen (secondary N) is 1. The highest BCUT2D eigenvalue weighted by molar-refractivity contribution is 5.82. The van der Waals surface area contributed by atoms with Crippen LogP contribution in [0.4, 0.5) is 0 Å². The Morgan fingerprint density at radius 1 is 1.31 bits per heavy atom. The number of aliphatic hydroxyl groups is 1. The molecule has 1 aromatic heterocycles. The minimum Gasteiger partial charge on any atom is -0.384 e. The molecular formula is C10H10N2O. The van der Waals surface area contributed by atoms with Crippen molar-refractivity contribution in [3.8, 4) is 0 Å². The topological polar surface area (TPSA) is 48.9 Å². The lowest BCUT2D eigenvalue weighted by Gasteiger charge is -2.03. The van der Waals surface area contributed by atoms with E-state index in [-0.39, 0.29) is 0 Å². The van der Waals surface area contributed by atoms with Gasteiger partial charge in [0.2, 0.25) is 0 Å². The summed E-state index contributed by atoms with van der Waals surface area (Å²) in [6.45, 7) is 0. The lowest BCUT2D eigenvalue weighted by atomic mass is 10.1. The van der Waals surface area contributed by atoms with Crippen LogP contribution in [0.3, 0.4) is 0 Å². The summed E-state index contributed by atoms with van der Waals surface area (Å²) < 4.78 is 0. The number of nitrogens with zero attached hydrogens (tertiary/aromatic N) is 1. The van der Waals surface area contributed by atoms with Crippen molar-refractivity contribution in [1.29, 1.82) is 0 Å². The van der Waals surface area contributed by atoms with Crippen LogP contribution in [0.25, 0.3) is 10.9 Å². The zero-order chi connectivity index (χ0) is 8.89. The van der Waals surface area contributed by atoms with Crippen molar-refractivity contribution < 1.29 is 5.11 Å². The molecule has 0 aliphatic heterocycles. The molecule has 66 valence electrons. The van der Waals surface area contributed by atoms with Crippen LogP contribution < -0.4 is 0 Å². The fraction of sp³-hybridized carbons (Fsp3) is 0.300. The average Bonchev–Trinajstić information content (AvgIpc) is 2.76. The first-order valence-corrected chi connectivity index (χ1v) is 4.46. The highest BCUT2D eigenvalue weighted by Crippen LogP contribution is 2.46. The first-order valence-electron chi connectivity index (χ1n) is 4.46. The van der Waals surface area contributed by atoms with E-state index in [9.17, 15) is 5.11 Å². The van der Waals surface area contributed by atoms with Crippen LogP contribution in [0.1, 0.15) is 18.5 Å². The fourth-order valence-corrected chi connectivity index (χ4v) is 1.68. The third kappa shape index (κ3) is 0.906. The highest BCUT2D eigenvalue weighted by Gasteiger charge is 2.44. The van der Waals surface area contributed by atoms with Crippen LogP contribution in [0.5, 0.6) is 0 Å². The molecule has 3 rings (SSSR count). The number of benzene rings is 1. The van der Waals surface area contributed by atoms with E-state index in [0.717, 1.165) is 29.4 Å². The molecule has 0 amide bonds. The molecule has 2 aromatic rings. The van der Waals surface area contributed by atoms with Crippen molar-refractivity contribution >= 4 is 10.9 Å². The minimum absolute atomic E-state index is 0.615. The number of hydrogen-bond acceptors (Lipinski definition) is 2. The predicted molar refractivity (Wildman–Crippen MR) is 49.2 cm³/mol. The molecule has 1 fully saturated rings. The third-order valence-corrected chi connectivity index (χ3v) is 2.65. The Kier molecular flexibility index (Phi) is 1.15. The molecule has 1 heterocycles. The van der Waals surface area contributed by atoms with Gasteiger partial charge in [-0.15, -0.1) is 0 Å². The van der Waals surface area contributed by atoms with Crippen LogP contribution in [-0.2, 0) is 5.60 Å². The summed E-state index contributed by atoms with van der Waals surface area (Å²) in [5.41, 5.74) is 1.19. The molecule has 0 radical (unpaired) electrons. The quantitative estimate of drug-likeness (QED) is 0.689. The number of fused-ring (bicyclic) bond motifs is 1. The Morgan fingerprint density at radius 3 is 2.85 bits per heavy atom. The van der Waals surface area contributed by atoms with E-state index in [4.69, 9.17) is 0 Å². The first-order chi connectivity index (χ1) is 6.30. The molecule has 0 unspecified atom stereocenters. The maximum atomic E-state index is 9.92. The van der Waals surface area contributed by atoms with Crippen molar-refractivity contribution in [3.05, 3.63) is 30.0 Å². The summed E-state index contributed by atoms with van der Waals surface area (Å²) in [4.78, 5) is 0. The van der Waals surface area contributed by atoms with Crippen LogP contribution in [0, 0.1) is 0 Å². The number of hydrogen-bond donors (Lipinski definition) is 2. The van der Waals surface area contributed by atoms with Gasteiger partial charge in [-0.25, -0.2) is 0 Å². The van der Waals surface area contributed by atoms with Crippen molar-refractivity contribution in [2.75, 3.05) is 0 Å². The summed E-state index contributed by atoms with van der Waals surface area (Å²) in [5, 5.41) is 18.0. The van der Waals surface area contributed by atoms with E-state index in [0.29, 0.717) is 0 Å². The smallest absolute Gasteiger partial charge is 0.107 e. The number of aromatic amines is 1. The van der Waals surface area contributed by atoms with Gasteiger partial charge < -0.3 is 5.11 Å². The molecule has 1 saturated carbocycles. The van der Waals surface area contributed by atoms with Gasteiger partial charge in [-0.3, -0.25) is 5.10 Å². The molecule has 3 nitrogen and oxygen atoms in total. The van der Waals surface area contributed by atoms with Crippen molar-refractivity contribution in [1.82, 2.24) is 10.2 Å². The van der Waals surface area contributed by atoms with Gasteiger partial charge in [-0.2, -0.15) is 5.10 Å². The monoisotopic (exact) mass is 174 g/mol. The zero-order valence-corrected chi connectivity index (χ0v) is 7.12. The maximum Gasteiger partial charge on any atom is 0.107 e. The third-order valence-electron chi connectivity index (χ3n) is 2.65. The number of aromatic nitrogens is 2. The van der Waals surface area contributed by atoms with Gasteiger partial charge in [-0.05, 0) is 18.9 Å². The van der Waals surface area contributed by atoms with Crippen LogP contribution in [0.15, 0.2) is 24.3 Å². The highest BCUT2D eigenvalue weighted by atomic mass is 16.3. The zero-order valence-electron chi connectivity index (χ0n) is 7.12. The molecule has 0 bridgehead atoms. The fourth-order valence-electron chi connectivity index (χ4n) is 1.68. The second-order valence-electron chi connectivity index (χ2n) is 3.65. The Morgan fingerprint density at radius 2 is 2.08 bits per heavy atom. The molecule has 1 aromatic carbocycles. The average molecular weight is 174 g/mol. The van der Waals surface area contributed by atoms with Crippen LogP contribution in [0.2, 0.25) is 0 Å². The van der Waals surface area contributed by atoms with Crippen molar-refractivity contribution in [3.63, 3.8) is 0 Å². The van der Waals surface area contributed by atoms with Gasteiger partial charge in [0.1, 0.15) is 5.60 Å². The Bertz CT molecular complexity index is 457. The van der Waals surface area contributed by atoms with E-state index < -0.39 is 5.60 Å². The number of rotatable bonds is 1. The van der Waals surface area contributed by atoms with E-state index in [2.05, 4.69) is 10.2 Å². The van der Waals surface area contributed by atoms with Gasteiger partial charge in [0.15, 0.2) is 0 Å². The second-order valence-corrected chi connectivity index (χ2v) is 3.65. The molecule has 0 saturated heterocycles. The molecule has 0 atom stereocenters. The molecular weight excluding hydrogens is 164 g/mol. The summed E-state index contributed by atoms with van der Waals surface area (Å²) >= 11 is 0. The van der Waals surface area contributed by atoms with Crippen LogP contribution >= 0.6 is 0 Å². The summed E-state index contributed by atoms with van der Waals surface area (Å²) in [5.74, 6) is 0. The van der Waals surface area contributed by atoms with E-state index in [1.54, 1.807) is 0 Å². The second kappa shape index (κ2) is 2.12. The van der Waals surface area contributed by atoms with Gasteiger partial charge in [-0.1, -0.05) is 18.2 Å². The molecule has 2 N–H and O–H groups in total. The van der Waals surface area contributed by atoms with Gasteiger partial charge in [0, 0.05) is 5.39 Å². The molecule has 0 spiro atoms. The SMILES string of the molecule is OC1(c2[nH]nc3ccccc23)CC1. The predicted octanol–water partition coefficient (Wildman–Crippen LogP) is 1.54. The van der Waals surface area contributed by atoms with E-state index in [1.165, 1.54) is 0 Å². The van der Waals surface area contributed by atoms with Crippen LogP contribution in [-0.4, -0.2) is 15.3 Å². The molecule has 13 heavy (non-hydrogen) atoms. The summed E-state index contributed by atoms with van der Waals surface area (Å²) in [6, 6.07) is 7.85. The maximum absolute atomic E-state index is 9.92. The molecule has 1 aliphatic carbocycles. The summed E-state index contributed by atoms with van der Waals surface area (Å²) in [7, 11) is 0. The van der Waals surface area contributed by atoms with Gasteiger partial charge >= 0.3 is 0 Å². The normalized spacial score (nSPS) is 19.2.